The summed E-state index contributed by atoms with van der Waals surface area (Å²) in [5, 5.41) is 3.36. The molecule has 0 saturated carbocycles. The highest BCUT2D eigenvalue weighted by atomic mass is 15.3. The summed E-state index contributed by atoms with van der Waals surface area (Å²) in [7, 11) is 2.11. The topological polar surface area (TPSA) is 57.2 Å². The summed E-state index contributed by atoms with van der Waals surface area (Å²) in [4.78, 5) is 17.9. The zero-order valence-corrected chi connectivity index (χ0v) is 16.3. The lowest BCUT2D eigenvalue weighted by molar-refractivity contribution is 0.789. The molecule has 0 amide bonds. The number of hydrogen-bond acceptors (Lipinski definition) is 6. The molecule has 1 N–H and O–H groups in total. The predicted octanol–water partition coefficient (Wildman–Crippen LogP) is 4.08. The van der Waals surface area contributed by atoms with Crippen molar-refractivity contribution in [1.29, 1.82) is 0 Å². The minimum absolute atomic E-state index is 0.792. The summed E-state index contributed by atoms with van der Waals surface area (Å²) in [5.74, 6) is 1.70. The Hall–Kier alpha value is -3.41. The minimum Gasteiger partial charge on any atom is -0.372 e. The van der Waals surface area contributed by atoms with Crippen LogP contribution in [0, 0.1) is 6.92 Å². The van der Waals surface area contributed by atoms with E-state index in [0.717, 1.165) is 59.5 Å². The summed E-state index contributed by atoms with van der Waals surface area (Å²) in [6.07, 6.45) is 6.39. The van der Waals surface area contributed by atoms with Crippen molar-refractivity contribution in [2.24, 2.45) is 0 Å². The first-order valence-electron chi connectivity index (χ1n) is 9.40. The molecule has 0 bridgehead atoms. The average molecular weight is 372 g/mol. The van der Waals surface area contributed by atoms with Crippen LogP contribution in [0.2, 0.25) is 0 Å². The third kappa shape index (κ3) is 3.67. The maximum atomic E-state index is 5.02. The number of hydrogen-bond donors (Lipinski definition) is 1. The second-order valence-corrected chi connectivity index (χ2v) is 6.97. The smallest absolute Gasteiger partial charge is 0.158 e. The molecule has 0 saturated heterocycles. The molecular formula is C22H24N6. The molecule has 4 rings (SSSR count). The number of aromatic nitrogens is 3. The number of anilines is 3. The van der Waals surface area contributed by atoms with Gasteiger partial charge < -0.3 is 15.1 Å². The Balaban J connectivity index is 1.72. The summed E-state index contributed by atoms with van der Waals surface area (Å²) in [6.45, 7) is 8.08. The first kappa shape index (κ1) is 18.0. The van der Waals surface area contributed by atoms with Crippen LogP contribution in [0.3, 0.4) is 0 Å². The van der Waals surface area contributed by atoms with E-state index in [0.29, 0.717) is 0 Å². The molecule has 0 fully saturated rings. The van der Waals surface area contributed by atoms with E-state index in [9.17, 15) is 0 Å². The number of aryl methyl sites for hydroxylation is 1. The van der Waals surface area contributed by atoms with Gasteiger partial charge in [0.2, 0.25) is 0 Å². The Morgan fingerprint density at radius 3 is 2.82 bits per heavy atom. The summed E-state index contributed by atoms with van der Waals surface area (Å²) < 4.78 is 0. The quantitative estimate of drug-likeness (QED) is 0.745. The Labute approximate surface area is 165 Å². The Morgan fingerprint density at radius 1 is 1.14 bits per heavy atom. The van der Waals surface area contributed by atoms with Crippen molar-refractivity contribution in [1.82, 2.24) is 15.0 Å². The normalized spacial score (nSPS) is 13.6. The van der Waals surface area contributed by atoms with E-state index in [4.69, 9.17) is 4.98 Å². The molecule has 1 aliphatic heterocycles. The number of rotatable bonds is 4. The predicted molar refractivity (Wildman–Crippen MR) is 114 cm³/mol. The number of nitrogens with zero attached hydrogens (tertiary/aromatic N) is 5. The molecule has 0 aromatic carbocycles. The van der Waals surface area contributed by atoms with E-state index in [1.165, 1.54) is 0 Å². The molecule has 0 atom stereocenters. The highest BCUT2D eigenvalue weighted by molar-refractivity contribution is 5.75. The number of nitrogens with one attached hydrogen (secondary N) is 1. The molecule has 4 heterocycles. The van der Waals surface area contributed by atoms with Gasteiger partial charge in [-0.25, -0.2) is 4.98 Å². The van der Waals surface area contributed by atoms with Crippen LogP contribution < -0.4 is 15.1 Å². The van der Waals surface area contributed by atoms with Gasteiger partial charge in [-0.1, -0.05) is 6.58 Å². The van der Waals surface area contributed by atoms with Crippen LogP contribution in [-0.2, 0) is 0 Å². The van der Waals surface area contributed by atoms with E-state index in [1.807, 2.05) is 31.3 Å². The molecule has 0 spiro atoms. The van der Waals surface area contributed by atoms with Crippen LogP contribution in [0.4, 0.5) is 17.2 Å². The van der Waals surface area contributed by atoms with Crippen LogP contribution in [0.5, 0.6) is 0 Å². The van der Waals surface area contributed by atoms with Gasteiger partial charge in [0.1, 0.15) is 5.82 Å². The molecule has 3 aromatic rings. The molecule has 0 unspecified atom stereocenters. The first-order valence-corrected chi connectivity index (χ1v) is 9.40. The summed E-state index contributed by atoms with van der Waals surface area (Å²) >= 11 is 0. The first-order chi connectivity index (χ1) is 13.6. The van der Waals surface area contributed by atoms with Gasteiger partial charge in [0.15, 0.2) is 5.82 Å². The van der Waals surface area contributed by atoms with Gasteiger partial charge in [0, 0.05) is 43.8 Å². The lowest BCUT2D eigenvalue weighted by atomic mass is 10.1. The van der Waals surface area contributed by atoms with Gasteiger partial charge in [-0.3, -0.25) is 9.97 Å². The third-order valence-electron chi connectivity index (χ3n) is 4.87. The lowest BCUT2D eigenvalue weighted by Gasteiger charge is -2.27. The molecule has 1 aliphatic rings. The fourth-order valence-corrected chi connectivity index (χ4v) is 3.43. The second-order valence-electron chi connectivity index (χ2n) is 6.97. The third-order valence-corrected chi connectivity index (χ3v) is 4.87. The second kappa shape index (κ2) is 7.68. The standard InChI is InChI=1S/C22H24N6/c1-16-14-18(9-11-24-16)20-7-8-21-22(26-20)28(13-5-12-27(21)3)17(2)25-19-6-4-10-23-15-19/h4,6-11,14-15,25H,2,5,12-13H2,1,3H3. The fourth-order valence-electron chi connectivity index (χ4n) is 3.43. The highest BCUT2D eigenvalue weighted by Crippen LogP contribution is 2.34. The monoisotopic (exact) mass is 372 g/mol. The Morgan fingerprint density at radius 2 is 2.04 bits per heavy atom. The van der Waals surface area contributed by atoms with Gasteiger partial charge in [-0.15, -0.1) is 0 Å². The number of fused-ring (bicyclic) bond motifs is 1. The van der Waals surface area contributed by atoms with Crippen LogP contribution in [0.25, 0.3) is 11.3 Å². The largest absolute Gasteiger partial charge is 0.372 e. The molecule has 6 heteroatoms. The van der Waals surface area contributed by atoms with Crippen LogP contribution in [-0.4, -0.2) is 35.1 Å². The molecule has 142 valence electrons. The average Bonchev–Trinajstić information content (AvgIpc) is 2.87. The van der Waals surface area contributed by atoms with Gasteiger partial charge in [0.25, 0.3) is 0 Å². The van der Waals surface area contributed by atoms with Gasteiger partial charge in [-0.05, 0) is 49.7 Å². The van der Waals surface area contributed by atoms with E-state index < -0.39 is 0 Å². The SMILES string of the molecule is C=C(Nc1cccnc1)N1CCCN(C)c2ccc(-c3ccnc(C)c3)nc21. The van der Waals surface area contributed by atoms with Crippen molar-refractivity contribution in [3.8, 4) is 11.3 Å². The van der Waals surface area contributed by atoms with E-state index in [2.05, 4.69) is 56.9 Å². The minimum atomic E-state index is 0.792. The lowest BCUT2D eigenvalue weighted by Crippen LogP contribution is -2.28. The molecule has 28 heavy (non-hydrogen) atoms. The van der Waals surface area contributed by atoms with Crippen molar-refractivity contribution in [3.05, 3.63) is 73.1 Å². The van der Waals surface area contributed by atoms with E-state index >= 15 is 0 Å². The van der Waals surface area contributed by atoms with Gasteiger partial charge in [0.05, 0.1) is 23.3 Å². The van der Waals surface area contributed by atoms with Crippen molar-refractivity contribution in [3.63, 3.8) is 0 Å². The van der Waals surface area contributed by atoms with Gasteiger partial charge in [-0.2, -0.15) is 0 Å². The maximum absolute atomic E-state index is 5.02. The maximum Gasteiger partial charge on any atom is 0.158 e. The van der Waals surface area contributed by atoms with Crippen molar-refractivity contribution in [2.75, 3.05) is 35.3 Å². The van der Waals surface area contributed by atoms with Crippen LogP contribution in [0.15, 0.2) is 67.4 Å². The zero-order chi connectivity index (χ0) is 19.5. The molecule has 6 nitrogen and oxygen atoms in total. The van der Waals surface area contributed by atoms with E-state index in [1.54, 1.807) is 12.4 Å². The molecule has 0 radical (unpaired) electrons. The Bertz CT molecular complexity index is 985. The van der Waals surface area contributed by atoms with Crippen molar-refractivity contribution >= 4 is 17.2 Å². The fraction of sp³-hybridized carbons (Fsp3) is 0.227. The van der Waals surface area contributed by atoms with E-state index in [-0.39, 0.29) is 0 Å². The number of pyridine rings is 3. The molecular weight excluding hydrogens is 348 g/mol. The summed E-state index contributed by atoms with van der Waals surface area (Å²) in [6, 6.07) is 12.2. The van der Waals surface area contributed by atoms with Crippen LogP contribution >= 0.6 is 0 Å². The zero-order valence-electron chi connectivity index (χ0n) is 16.3. The van der Waals surface area contributed by atoms with Gasteiger partial charge >= 0.3 is 0 Å². The Kier molecular flexibility index (Phi) is 4.93. The highest BCUT2D eigenvalue weighted by Gasteiger charge is 2.23. The van der Waals surface area contributed by atoms with Crippen molar-refractivity contribution in [2.45, 2.75) is 13.3 Å². The molecule has 3 aromatic heterocycles. The van der Waals surface area contributed by atoms with Crippen molar-refractivity contribution < 1.29 is 0 Å². The van der Waals surface area contributed by atoms with Crippen LogP contribution in [0.1, 0.15) is 12.1 Å². The molecule has 0 aliphatic carbocycles. The summed E-state index contributed by atoms with van der Waals surface area (Å²) in [5.41, 5.74) is 4.98.